The third-order valence-electron chi connectivity index (χ3n) is 4.07. The van der Waals surface area contributed by atoms with Gasteiger partial charge in [-0.3, -0.25) is 4.79 Å². The molecule has 0 heterocycles. The Morgan fingerprint density at radius 1 is 1.10 bits per heavy atom. The highest BCUT2D eigenvalue weighted by Gasteiger charge is 2.14. The standard InChI is InChI=1S/C18H26O2/c1-2-7-15-10-12-16(13-11-15)18(19)14-20-17-8-5-3-4-6-9-17/h10-13,17H,2-9,14H2,1H3. The third kappa shape index (κ3) is 4.75. The van der Waals surface area contributed by atoms with Crippen molar-refractivity contribution >= 4 is 5.78 Å². The smallest absolute Gasteiger partial charge is 0.188 e. The SMILES string of the molecule is CCCc1ccc(C(=O)COC2CCCCCC2)cc1. The summed E-state index contributed by atoms with van der Waals surface area (Å²) in [6.45, 7) is 2.40. The van der Waals surface area contributed by atoms with E-state index in [-0.39, 0.29) is 12.4 Å². The maximum absolute atomic E-state index is 12.1. The zero-order valence-electron chi connectivity index (χ0n) is 12.6. The topological polar surface area (TPSA) is 26.3 Å². The highest BCUT2D eigenvalue weighted by molar-refractivity contribution is 5.97. The van der Waals surface area contributed by atoms with Gasteiger partial charge in [-0.15, -0.1) is 0 Å². The minimum atomic E-state index is 0.109. The van der Waals surface area contributed by atoms with E-state index in [4.69, 9.17) is 4.74 Å². The molecule has 0 amide bonds. The molecule has 110 valence electrons. The van der Waals surface area contributed by atoms with Crippen LogP contribution in [0, 0.1) is 0 Å². The zero-order valence-corrected chi connectivity index (χ0v) is 12.6. The molecule has 2 rings (SSSR count). The van der Waals surface area contributed by atoms with Crippen LogP contribution in [0.2, 0.25) is 0 Å². The van der Waals surface area contributed by atoms with Crippen molar-refractivity contribution in [2.75, 3.05) is 6.61 Å². The summed E-state index contributed by atoms with van der Waals surface area (Å²) in [5.41, 5.74) is 2.08. The number of ketones is 1. The van der Waals surface area contributed by atoms with Gasteiger partial charge >= 0.3 is 0 Å². The van der Waals surface area contributed by atoms with E-state index < -0.39 is 0 Å². The van der Waals surface area contributed by atoms with Crippen LogP contribution < -0.4 is 0 Å². The molecule has 2 heteroatoms. The molecule has 0 N–H and O–H groups in total. The van der Waals surface area contributed by atoms with Gasteiger partial charge in [0.05, 0.1) is 6.10 Å². The van der Waals surface area contributed by atoms with Crippen LogP contribution in [-0.4, -0.2) is 18.5 Å². The van der Waals surface area contributed by atoms with Crippen molar-refractivity contribution in [2.24, 2.45) is 0 Å². The predicted molar refractivity (Wildman–Crippen MR) is 82.2 cm³/mol. The van der Waals surface area contributed by atoms with Crippen molar-refractivity contribution in [3.05, 3.63) is 35.4 Å². The summed E-state index contributed by atoms with van der Waals surface area (Å²) in [6, 6.07) is 7.98. The number of carbonyl (C=O) groups is 1. The van der Waals surface area contributed by atoms with Crippen LogP contribution in [-0.2, 0) is 11.2 Å². The second kappa shape index (κ2) is 8.21. The molecular weight excluding hydrogens is 248 g/mol. The number of aryl methyl sites for hydroxylation is 1. The molecule has 0 atom stereocenters. The average molecular weight is 274 g/mol. The summed E-state index contributed by atoms with van der Waals surface area (Å²) in [5, 5.41) is 0. The molecule has 1 fully saturated rings. The molecular formula is C18H26O2. The molecule has 1 aromatic rings. The Balaban J connectivity index is 1.81. The Bertz CT molecular complexity index is 400. The second-order valence-corrected chi connectivity index (χ2v) is 5.79. The second-order valence-electron chi connectivity index (χ2n) is 5.79. The Morgan fingerprint density at radius 2 is 1.75 bits per heavy atom. The zero-order chi connectivity index (χ0) is 14.2. The van der Waals surface area contributed by atoms with Gasteiger partial charge in [0, 0.05) is 5.56 Å². The van der Waals surface area contributed by atoms with Crippen molar-refractivity contribution in [1.82, 2.24) is 0 Å². The lowest BCUT2D eigenvalue weighted by atomic mass is 10.1. The van der Waals surface area contributed by atoms with Crippen LogP contribution in [0.1, 0.15) is 67.8 Å². The molecule has 1 aliphatic carbocycles. The van der Waals surface area contributed by atoms with Gasteiger partial charge in [0.1, 0.15) is 6.61 Å². The van der Waals surface area contributed by atoms with E-state index >= 15 is 0 Å². The van der Waals surface area contributed by atoms with Crippen molar-refractivity contribution in [3.8, 4) is 0 Å². The van der Waals surface area contributed by atoms with Crippen LogP contribution in [0.4, 0.5) is 0 Å². The monoisotopic (exact) mass is 274 g/mol. The van der Waals surface area contributed by atoms with E-state index in [9.17, 15) is 4.79 Å². The quantitative estimate of drug-likeness (QED) is 0.561. The van der Waals surface area contributed by atoms with Gasteiger partial charge in [0.2, 0.25) is 0 Å². The minimum absolute atomic E-state index is 0.109. The molecule has 0 radical (unpaired) electrons. The lowest BCUT2D eigenvalue weighted by Gasteiger charge is -2.14. The van der Waals surface area contributed by atoms with Crippen molar-refractivity contribution in [2.45, 2.75) is 64.4 Å². The van der Waals surface area contributed by atoms with Gasteiger partial charge in [-0.05, 0) is 24.8 Å². The van der Waals surface area contributed by atoms with Crippen molar-refractivity contribution in [3.63, 3.8) is 0 Å². The van der Waals surface area contributed by atoms with Gasteiger partial charge in [-0.25, -0.2) is 0 Å². The number of benzene rings is 1. The Hall–Kier alpha value is -1.15. The number of hydrogen-bond acceptors (Lipinski definition) is 2. The molecule has 0 spiro atoms. The van der Waals surface area contributed by atoms with E-state index in [1.807, 2.05) is 12.1 Å². The first-order valence-corrected chi connectivity index (χ1v) is 8.03. The molecule has 1 aliphatic rings. The van der Waals surface area contributed by atoms with Gasteiger partial charge in [-0.2, -0.15) is 0 Å². The summed E-state index contributed by atoms with van der Waals surface area (Å²) < 4.78 is 5.81. The minimum Gasteiger partial charge on any atom is -0.370 e. The van der Waals surface area contributed by atoms with Crippen LogP contribution in [0.5, 0.6) is 0 Å². The maximum atomic E-state index is 12.1. The third-order valence-corrected chi connectivity index (χ3v) is 4.07. The fourth-order valence-corrected chi connectivity index (χ4v) is 2.83. The van der Waals surface area contributed by atoms with Crippen molar-refractivity contribution in [1.29, 1.82) is 0 Å². The maximum Gasteiger partial charge on any atom is 0.188 e. The summed E-state index contributed by atoms with van der Waals surface area (Å²) >= 11 is 0. The number of rotatable bonds is 6. The largest absolute Gasteiger partial charge is 0.370 e. The number of hydrogen-bond donors (Lipinski definition) is 0. The number of carbonyl (C=O) groups excluding carboxylic acids is 1. The first-order valence-electron chi connectivity index (χ1n) is 8.03. The lowest BCUT2D eigenvalue weighted by molar-refractivity contribution is 0.0389. The molecule has 0 bridgehead atoms. The molecule has 0 aliphatic heterocycles. The fourth-order valence-electron chi connectivity index (χ4n) is 2.83. The molecule has 1 aromatic carbocycles. The van der Waals surface area contributed by atoms with Gasteiger partial charge < -0.3 is 4.74 Å². The molecule has 2 nitrogen and oxygen atoms in total. The highest BCUT2D eigenvalue weighted by atomic mass is 16.5. The first-order chi connectivity index (χ1) is 9.79. The van der Waals surface area contributed by atoms with Crippen LogP contribution in [0.25, 0.3) is 0 Å². The fraction of sp³-hybridized carbons (Fsp3) is 0.611. The Kier molecular flexibility index (Phi) is 6.25. The molecule has 1 saturated carbocycles. The van der Waals surface area contributed by atoms with E-state index in [0.29, 0.717) is 6.10 Å². The van der Waals surface area contributed by atoms with Crippen LogP contribution in [0.3, 0.4) is 0 Å². The average Bonchev–Trinajstić information content (AvgIpc) is 2.74. The van der Waals surface area contributed by atoms with Crippen LogP contribution >= 0.6 is 0 Å². The summed E-state index contributed by atoms with van der Waals surface area (Å²) in [6.07, 6.45) is 9.84. The van der Waals surface area contributed by atoms with E-state index in [2.05, 4.69) is 19.1 Å². The Labute approximate surface area is 122 Å². The van der Waals surface area contributed by atoms with Crippen molar-refractivity contribution < 1.29 is 9.53 Å². The molecule has 0 saturated heterocycles. The molecule has 0 unspecified atom stereocenters. The van der Waals surface area contributed by atoms with Gasteiger partial charge in [-0.1, -0.05) is 63.3 Å². The summed E-state index contributed by atoms with van der Waals surface area (Å²) in [5.74, 6) is 0.109. The van der Waals surface area contributed by atoms with Gasteiger partial charge in [0.15, 0.2) is 5.78 Å². The first kappa shape index (κ1) is 15.2. The summed E-state index contributed by atoms with van der Waals surface area (Å²) in [7, 11) is 0. The number of ether oxygens (including phenoxy) is 1. The highest BCUT2D eigenvalue weighted by Crippen LogP contribution is 2.20. The van der Waals surface area contributed by atoms with E-state index in [1.165, 1.54) is 31.2 Å². The number of Topliss-reactive ketones (excluding diaryl/α,β-unsaturated/α-hetero) is 1. The lowest BCUT2D eigenvalue weighted by Crippen LogP contribution is -2.18. The predicted octanol–water partition coefficient (Wildman–Crippen LogP) is 4.56. The van der Waals surface area contributed by atoms with Crippen LogP contribution in [0.15, 0.2) is 24.3 Å². The summed E-state index contributed by atoms with van der Waals surface area (Å²) in [4.78, 5) is 12.1. The Morgan fingerprint density at radius 3 is 2.35 bits per heavy atom. The molecule has 20 heavy (non-hydrogen) atoms. The van der Waals surface area contributed by atoms with E-state index in [0.717, 1.165) is 31.2 Å². The van der Waals surface area contributed by atoms with Gasteiger partial charge in [0.25, 0.3) is 0 Å². The van der Waals surface area contributed by atoms with E-state index in [1.54, 1.807) is 0 Å². The normalized spacial score (nSPS) is 16.9. The molecule has 0 aromatic heterocycles.